The Hall–Kier alpha value is -1.87. The van der Waals surface area contributed by atoms with Crippen molar-refractivity contribution in [2.75, 3.05) is 5.32 Å². The number of para-hydroxylation sites is 1. The first-order valence-electron chi connectivity index (χ1n) is 6.93. The minimum atomic E-state index is -0.0124. The van der Waals surface area contributed by atoms with Crippen LogP contribution >= 0.6 is 15.9 Å². The maximum absolute atomic E-state index is 12.0. The second-order valence-corrected chi connectivity index (χ2v) is 5.73. The number of nitrogens with one attached hydrogen (secondary N) is 1. The summed E-state index contributed by atoms with van der Waals surface area (Å²) in [6, 6.07) is 13.6. The molecule has 21 heavy (non-hydrogen) atoms. The second-order valence-electron chi connectivity index (χ2n) is 4.81. The first kappa shape index (κ1) is 15.5. The van der Waals surface area contributed by atoms with Crippen molar-refractivity contribution in [3.05, 3.63) is 75.9 Å². The van der Waals surface area contributed by atoms with Gasteiger partial charge in [-0.15, -0.1) is 0 Å². The van der Waals surface area contributed by atoms with Crippen molar-refractivity contribution in [3.8, 4) is 0 Å². The number of hydrogen-bond donors (Lipinski definition) is 1. The van der Waals surface area contributed by atoms with Crippen molar-refractivity contribution in [1.82, 2.24) is 0 Å². The summed E-state index contributed by atoms with van der Waals surface area (Å²) in [7, 11) is 0. The van der Waals surface area contributed by atoms with E-state index in [0.29, 0.717) is 5.56 Å². The lowest BCUT2D eigenvalue weighted by Crippen LogP contribution is -1.99. The summed E-state index contributed by atoms with van der Waals surface area (Å²) in [5.41, 5.74) is 4.18. The average molecular weight is 344 g/mol. The summed E-state index contributed by atoms with van der Waals surface area (Å²) in [4.78, 5) is 12.0. The summed E-state index contributed by atoms with van der Waals surface area (Å²) in [6.07, 6.45) is 4.24. The zero-order chi connectivity index (χ0) is 15.2. The fourth-order valence-electron chi connectivity index (χ4n) is 2.14. The van der Waals surface area contributed by atoms with Crippen LogP contribution in [0.1, 0.15) is 28.4 Å². The van der Waals surface area contributed by atoms with E-state index in [1.54, 1.807) is 12.3 Å². The maximum atomic E-state index is 12.0. The quantitative estimate of drug-likeness (QED) is 0.602. The molecule has 0 atom stereocenters. The van der Waals surface area contributed by atoms with Crippen molar-refractivity contribution >= 4 is 27.4 Å². The highest BCUT2D eigenvalue weighted by Gasteiger charge is 2.03. The van der Waals surface area contributed by atoms with E-state index in [9.17, 15) is 4.79 Å². The van der Waals surface area contributed by atoms with Gasteiger partial charge in [0, 0.05) is 28.0 Å². The number of carbonyl (C=O) groups excluding carboxylic acids is 1. The predicted octanol–water partition coefficient (Wildman–Crippen LogP) is 5.13. The molecule has 0 radical (unpaired) electrons. The molecule has 0 unspecified atom stereocenters. The Balaban J connectivity index is 2.09. The molecule has 0 heterocycles. The monoisotopic (exact) mass is 343 g/mol. The highest BCUT2D eigenvalue weighted by molar-refractivity contribution is 9.10. The smallest absolute Gasteiger partial charge is 0.187 e. The van der Waals surface area contributed by atoms with Gasteiger partial charge in [0.15, 0.2) is 5.78 Å². The van der Waals surface area contributed by atoms with Crippen LogP contribution in [-0.4, -0.2) is 5.78 Å². The summed E-state index contributed by atoms with van der Waals surface area (Å²) in [5, 5.41) is 3.23. The molecule has 108 valence electrons. The third kappa shape index (κ3) is 4.05. The van der Waals surface area contributed by atoms with Crippen LogP contribution in [0.4, 0.5) is 5.69 Å². The van der Waals surface area contributed by atoms with Crippen molar-refractivity contribution in [3.63, 3.8) is 0 Å². The molecule has 0 aromatic heterocycles. The Labute approximate surface area is 134 Å². The zero-order valence-corrected chi connectivity index (χ0v) is 13.8. The van der Waals surface area contributed by atoms with Gasteiger partial charge in [-0.1, -0.05) is 41.1 Å². The molecule has 3 heteroatoms. The van der Waals surface area contributed by atoms with Crippen LogP contribution in [0.15, 0.2) is 59.2 Å². The Morgan fingerprint density at radius 3 is 2.57 bits per heavy atom. The van der Waals surface area contributed by atoms with Crippen molar-refractivity contribution in [1.29, 1.82) is 0 Å². The lowest BCUT2D eigenvalue weighted by atomic mass is 10.1. The number of aryl methyl sites for hydroxylation is 2. The Bertz CT molecular complexity index is 659. The molecular formula is C18H18BrNO. The lowest BCUT2D eigenvalue weighted by molar-refractivity contribution is 0.104. The van der Waals surface area contributed by atoms with Crippen LogP contribution in [0, 0.1) is 6.92 Å². The third-order valence-electron chi connectivity index (χ3n) is 3.33. The number of rotatable bonds is 5. The highest BCUT2D eigenvalue weighted by Crippen LogP contribution is 2.21. The lowest BCUT2D eigenvalue weighted by Gasteiger charge is -2.10. The van der Waals surface area contributed by atoms with Crippen LogP contribution in [0.3, 0.4) is 0 Å². The molecule has 0 saturated carbocycles. The number of benzene rings is 2. The van der Waals surface area contributed by atoms with Crippen LogP contribution in [0.2, 0.25) is 0 Å². The maximum Gasteiger partial charge on any atom is 0.187 e. The summed E-state index contributed by atoms with van der Waals surface area (Å²) < 4.78 is 0.966. The predicted molar refractivity (Wildman–Crippen MR) is 91.8 cm³/mol. The topological polar surface area (TPSA) is 29.1 Å². The second kappa shape index (κ2) is 7.23. The molecule has 0 amide bonds. The molecule has 2 aromatic carbocycles. The molecular weight excluding hydrogens is 326 g/mol. The molecule has 0 aliphatic heterocycles. The fourth-order valence-corrected chi connectivity index (χ4v) is 2.41. The molecule has 0 spiro atoms. The van der Waals surface area contributed by atoms with Gasteiger partial charge in [0.05, 0.1) is 0 Å². The minimum Gasteiger partial charge on any atom is -0.361 e. The van der Waals surface area contributed by atoms with E-state index in [-0.39, 0.29) is 5.78 Å². The Morgan fingerprint density at radius 2 is 1.90 bits per heavy atom. The number of hydrogen-bond acceptors (Lipinski definition) is 2. The molecule has 1 N–H and O–H groups in total. The SMILES string of the molecule is CCc1cccc(C)c1NC=CC(=O)c1ccc(Br)cc1. The Morgan fingerprint density at radius 1 is 1.19 bits per heavy atom. The molecule has 2 rings (SSSR count). The first-order chi connectivity index (χ1) is 10.1. The first-order valence-corrected chi connectivity index (χ1v) is 7.72. The van der Waals surface area contributed by atoms with Gasteiger partial charge in [-0.3, -0.25) is 4.79 Å². The standard InChI is InChI=1S/C18H18BrNO/c1-3-14-6-4-5-13(2)18(14)20-12-11-17(21)15-7-9-16(19)10-8-15/h4-12,20H,3H2,1-2H3. The van der Waals surface area contributed by atoms with Gasteiger partial charge < -0.3 is 5.32 Å². The molecule has 0 aliphatic carbocycles. The minimum absolute atomic E-state index is 0.0124. The average Bonchev–Trinajstić information content (AvgIpc) is 2.49. The van der Waals surface area contributed by atoms with E-state index in [1.165, 1.54) is 11.1 Å². The van der Waals surface area contributed by atoms with Crippen LogP contribution in [-0.2, 0) is 6.42 Å². The van der Waals surface area contributed by atoms with Crippen LogP contribution in [0.25, 0.3) is 0 Å². The number of carbonyl (C=O) groups is 1. The van der Waals surface area contributed by atoms with E-state index < -0.39 is 0 Å². The third-order valence-corrected chi connectivity index (χ3v) is 3.86. The van der Waals surface area contributed by atoms with E-state index in [2.05, 4.69) is 53.3 Å². The molecule has 0 fully saturated rings. The van der Waals surface area contributed by atoms with Crippen molar-refractivity contribution in [2.45, 2.75) is 20.3 Å². The molecule has 2 aromatic rings. The summed E-state index contributed by atoms with van der Waals surface area (Å²) in [6.45, 7) is 4.18. The van der Waals surface area contributed by atoms with Crippen molar-refractivity contribution in [2.24, 2.45) is 0 Å². The zero-order valence-electron chi connectivity index (χ0n) is 12.2. The van der Waals surface area contributed by atoms with Gasteiger partial charge >= 0.3 is 0 Å². The summed E-state index contributed by atoms with van der Waals surface area (Å²) >= 11 is 3.36. The summed E-state index contributed by atoms with van der Waals surface area (Å²) in [5.74, 6) is -0.0124. The number of ketones is 1. The number of halogens is 1. The Kier molecular flexibility index (Phi) is 5.34. The molecule has 2 nitrogen and oxygen atoms in total. The van der Waals surface area contributed by atoms with E-state index in [4.69, 9.17) is 0 Å². The number of allylic oxidation sites excluding steroid dienone is 1. The normalized spacial score (nSPS) is 10.8. The fraction of sp³-hybridized carbons (Fsp3) is 0.167. The van der Waals surface area contributed by atoms with Crippen LogP contribution < -0.4 is 5.32 Å². The largest absolute Gasteiger partial charge is 0.361 e. The van der Waals surface area contributed by atoms with Gasteiger partial charge in [0.2, 0.25) is 0 Å². The van der Waals surface area contributed by atoms with Gasteiger partial charge in [0.1, 0.15) is 0 Å². The van der Waals surface area contributed by atoms with Gasteiger partial charge in [-0.05, 0) is 48.7 Å². The van der Waals surface area contributed by atoms with Gasteiger partial charge in [-0.2, -0.15) is 0 Å². The van der Waals surface area contributed by atoms with Gasteiger partial charge in [-0.25, -0.2) is 0 Å². The van der Waals surface area contributed by atoms with E-state index >= 15 is 0 Å². The van der Waals surface area contributed by atoms with E-state index in [0.717, 1.165) is 16.6 Å². The van der Waals surface area contributed by atoms with Crippen LogP contribution in [0.5, 0.6) is 0 Å². The van der Waals surface area contributed by atoms with E-state index in [1.807, 2.05) is 24.3 Å². The van der Waals surface area contributed by atoms with Crippen molar-refractivity contribution < 1.29 is 4.79 Å². The molecule has 0 bridgehead atoms. The highest BCUT2D eigenvalue weighted by atomic mass is 79.9. The van der Waals surface area contributed by atoms with Gasteiger partial charge in [0.25, 0.3) is 0 Å². The molecule has 0 saturated heterocycles. The molecule has 0 aliphatic rings. The number of anilines is 1.